The van der Waals surface area contributed by atoms with Crippen LogP contribution in [0.25, 0.3) is 0 Å². The van der Waals surface area contributed by atoms with Crippen LogP contribution in [-0.4, -0.2) is 22.8 Å². The fraction of sp³-hybridized carbons (Fsp3) is 0.200. The molecule has 0 aliphatic carbocycles. The van der Waals surface area contributed by atoms with Crippen LogP contribution in [0.2, 0.25) is 5.02 Å². The number of pyridine rings is 1. The van der Waals surface area contributed by atoms with Crippen LogP contribution in [0.1, 0.15) is 29.0 Å². The first-order chi connectivity index (χ1) is 10.0. The molecule has 1 heterocycles. The van der Waals surface area contributed by atoms with Gasteiger partial charge in [-0.05, 0) is 30.7 Å². The molecule has 1 amide bonds. The molecule has 0 aliphatic rings. The normalized spacial score (nSPS) is 11.8. The fourth-order valence-corrected chi connectivity index (χ4v) is 2.31. The lowest BCUT2D eigenvalue weighted by Crippen LogP contribution is -2.30. The number of aromatic nitrogens is 1. The predicted octanol–water partition coefficient (Wildman–Crippen LogP) is 2.85. The van der Waals surface area contributed by atoms with Crippen molar-refractivity contribution >= 4 is 23.3 Å². The molecule has 0 radical (unpaired) electrons. The molecule has 2 aromatic rings. The third kappa shape index (κ3) is 3.32. The van der Waals surface area contributed by atoms with E-state index in [1.165, 1.54) is 0 Å². The highest BCUT2D eigenvalue weighted by atomic mass is 35.5. The van der Waals surface area contributed by atoms with Crippen LogP contribution in [0.5, 0.6) is 0 Å². The Kier molecular flexibility index (Phi) is 4.77. The molecule has 1 aromatic heterocycles. The van der Waals surface area contributed by atoms with Crippen LogP contribution in [0.4, 0.5) is 5.82 Å². The zero-order valence-corrected chi connectivity index (χ0v) is 12.6. The molecule has 1 atom stereocenters. The van der Waals surface area contributed by atoms with Crippen LogP contribution in [0.3, 0.4) is 0 Å². The summed E-state index contributed by atoms with van der Waals surface area (Å²) >= 11 is 6.18. The number of hydrogen-bond acceptors (Lipinski definition) is 4. The van der Waals surface area contributed by atoms with Gasteiger partial charge in [-0.15, -0.1) is 0 Å². The van der Waals surface area contributed by atoms with E-state index in [0.717, 1.165) is 5.56 Å². The van der Waals surface area contributed by atoms with Crippen molar-refractivity contribution in [3.63, 3.8) is 0 Å². The molecular formula is C15H17ClN4O. The van der Waals surface area contributed by atoms with Gasteiger partial charge in [-0.2, -0.15) is 0 Å². The first-order valence-electron chi connectivity index (χ1n) is 6.50. The van der Waals surface area contributed by atoms with E-state index >= 15 is 0 Å². The van der Waals surface area contributed by atoms with E-state index in [1.54, 1.807) is 30.1 Å². The average Bonchev–Trinajstić information content (AvgIpc) is 2.53. The summed E-state index contributed by atoms with van der Waals surface area (Å²) in [5.74, 6) is 5.56. The second-order valence-electron chi connectivity index (χ2n) is 4.67. The molecule has 0 aliphatic heterocycles. The topological polar surface area (TPSA) is 71.2 Å². The maximum Gasteiger partial charge on any atom is 0.272 e. The number of hydrogen-bond donors (Lipinski definition) is 2. The Hall–Kier alpha value is -2.11. The van der Waals surface area contributed by atoms with Crippen LogP contribution in [0.15, 0.2) is 42.5 Å². The third-order valence-electron chi connectivity index (χ3n) is 3.37. The van der Waals surface area contributed by atoms with Gasteiger partial charge >= 0.3 is 0 Å². The molecule has 110 valence electrons. The summed E-state index contributed by atoms with van der Waals surface area (Å²) in [5, 5.41) is 0.634. The molecule has 21 heavy (non-hydrogen) atoms. The van der Waals surface area contributed by atoms with Gasteiger partial charge in [-0.25, -0.2) is 10.8 Å². The van der Waals surface area contributed by atoms with Crippen molar-refractivity contribution in [2.45, 2.75) is 13.0 Å². The second-order valence-corrected chi connectivity index (χ2v) is 5.07. The zero-order valence-electron chi connectivity index (χ0n) is 11.9. The van der Waals surface area contributed by atoms with Gasteiger partial charge in [-0.3, -0.25) is 4.79 Å². The Morgan fingerprint density at radius 2 is 2.00 bits per heavy atom. The number of nitrogens with two attached hydrogens (primary N) is 1. The number of nitrogens with zero attached hydrogens (tertiary/aromatic N) is 2. The Balaban J connectivity index is 2.24. The molecule has 5 nitrogen and oxygen atoms in total. The maximum absolute atomic E-state index is 12.5. The lowest BCUT2D eigenvalue weighted by Gasteiger charge is -2.25. The van der Waals surface area contributed by atoms with Gasteiger partial charge in [0.15, 0.2) is 0 Å². The van der Waals surface area contributed by atoms with Crippen molar-refractivity contribution < 1.29 is 4.79 Å². The highest BCUT2D eigenvalue weighted by molar-refractivity contribution is 6.31. The monoisotopic (exact) mass is 304 g/mol. The molecule has 0 spiro atoms. The number of rotatable bonds is 4. The summed E-state index contributed by atoms with van der Waals surface area (Å²) in [5.41, 5.74) is 3.65. The molecule has 6 heteroatoms. The van der Waals surface area contributed by atoms with Gasteiger partial charge in [-0.1, -0.05) is 35.9 Å². The Morgan fingerprint density at radius 1 is 1.29 bits per heavy atom. The van der Waals surface area contributed by atoms with Gasteiger partial charge in [0.2, 0.25) is 0 Å². The van der Waals surface area contributed by atoms with E-state index in [4.69, 9.17) is 17.4 Å². The first-order valence-corrected chi connectivity index (χ1v) is 6.87. The molecule has 0 saturated heterocycles. The van der Waals surface area contributed by atoms with Crippen molar-refractivity contribution in [3.05, 3.63) is 58.7 Å². The minimum atomic E-state index is -0.195. The first kappa shape index (κ1) is 15.3. The van der Waals surface area contributed by atoms with Crippen molar-refractivity contribution in [2.75, 3.05) is 12.5 Å². The molecule has 2 rings (SSSR count). The van der Waals surface area contributed by atoms with Crippen molar-refractivity contribution in [3.8, 4) is 0 Å². The van der Waals surface area contributed by atoms with E-state index in [1.807, 2.05) is 31.2 Å². The van der Waals surface area contributed by atoms with Crippen molar-refractivity contribution in [2.24, 2.45) is 5.84 Å². The maximum atomic E-state index is 12.5. The van der Waals surface area contributed by atoms with Gasteiger partial charge in [0, 0.05) is 12.1 Å². The lowest BCUT2D eigenvalue weighted by molar-refractivity contribution is 0.0737. The van der Waals surface area contributed by atoms with Crippen molar-refractivity contribution in [1.29, 1.82) is 0 Å². The summed E-state index contributed by atoms with van der Waals surface area (Å²) in [6, 6.07) is 12.4. The van der Waals surface area contributed by atoms with Gasteiger partial charge in [0.25, 0.3) is 5.91 Å². The molecule has 0 bridgehead atoms. The summed E-state index contributed by atoms with van der Waals surface area (Å²) in [7, 11) is 1.72. The number of amides is 1. The zero-order chi connectivity index (χ0) is 15.4. The number of carbonyl (C=O) groups is 1. The number of carbonyl (C=O) groups excluding carboxylic acids is 1. The van der Waals surface area contributed by atoms with E-state index in [-0.39, 0.29) is 11.9 Å². The Bertz CT molecular complexity index is 647. The molecular weight excluding hydrogens is 288 g/mol. The molecule has 0 fully saturated rings. The minimum absolute atomic E-state index is 0.164. The number of nitrogens with one attached hydrogen (secondary N) is 1. The minimum Gasteiger partial charge on any atom is -0.334 e. The number of halogens is 1. The number of benzene rings is 1. The number of nitrogen functional groups attached to an aromatic ring is 1. The van der Waals surface area contributed by atoms with E-state index in [2.05, 4.69) is 10.4 Å². The summed E-state index contributed by atoms with van der Waals surface area (Å²) in [4.78, 5) is 18.2. The standard InChI is InChI=1S/C15H17ClN4O/c1-10(11-6-3-4-7-12(11)16)20(2)15(21)13-8-5-9-14(18-13)19-17/h3-10H,17H2,1-2H3,(H,18,19). The number of anilines is 1. The van der Waals surface area contributed by atoms with E-state index < -0.39 is 0 Å². The van der Waals surface area contributed by atoms with Crippen LogP contribution >= 0.6 is 11.6 Å². The summed E-state index contributed by atoms with van der Waals surface area (Å²) in [6.07, 6.45) is 0. The molecule has 3 N–H and O–H groups in total. The largest absolute Gasteiger partial charge is 0.334 e. The Morgan fingerprint density at radius 3 is 2.67 bits per heavy atom. The summed E-state index contributed by atoms with van der Waals surface area (Å²) in [6.45, 7) is 1.92. The van der Waals surface area contributed by atoms with Crippen LogP contribution in [0, 0.1) is 0 Å². The van der Waals surface area contributed by atoms with Gasteiger partial charge in [0.05, 0.1) is 6.04 Å². The number of hydrazine groups is 1. The predicted molar refractivity (Wildman–Crippen MR) is 84.0 cm³/mol. The van der Waals surface area contributed by atoms with Crippen molar-refractivity contribution in [1.82, 2.24) is 9.88 Å². The van der Waals surface area contributed by atoms with Gasteiger partial charge < -0.3 is 10.3 Å². The highest BCUT2D eigenvalue weighted by Gasteiger charge is 2.21. The third-order valence-corrected chi connectivity index (χ3v) is 3.72. The van der Waals surface area contributed by atoms with Crippen LogP contribution < -0.4 is 11.3 Å². The molecule has 1 unspecified atom stereocenters. The molecule has 1 aromatic carbocycles. The highest BCUT2D eigenvalue weighted by Crippen LogP contribution is 2.27. The SMILES string of the molecule is CC(c1ccccc1Cl)N(C)C(=O)c1cccc(NN)n1. The average molecular weight is 305 g/mol. The smallest absolute Gasteiger partial charge is 0.272 e. The van der Waals surface area contributed by atoms with Gasteiger partial charge in [0.1, 0.15) is 11.5 Å². The quantitative estimate of drug-likeness (QED) is 0.673. The molecule has 0 saturated carbocycles. The fourth-order valence-electron chi connectivity index (χ4n) is 2.01. The van der Waals surface area contributed by atoms with E-state index in [9.17, 15) is 4.79 Å². The Labute approximate surface area is 128 Å². The lowest BCUT2D eigenvalue weighted by atomic mass is 10.1. The summed E-state index contributed by atoms with van der Waals surface area (Å²) < 4.78 is 0. The van der Waals surface area contributed by atoms with E-state index in [0.29, 0.717) is 16.5 Å². The second kappa shape index (κ2) is 6.56. The van der Waals surface area contributed by atoms with Crippen LogP contribution in [-0.2, 0) is 0 Å².